The van der Waals surface area contributed by atoms with Crippen LogP contribution in [0.1, 0.15) is 5.56 Å². The lowest BCUT2D eigenvalue weighted by molar-refractivity contribution is 0.219. The maximum Gasteiger partial charge on any atom is 0.324 e. The van der Waals surface area contributed by atoms with Gasteiger partial charge in [0, 0.05) is 36.3 Å². The molecule has 3 heterocycles. The number of carbonyl (C=O) groups excluding carboxylic acids is 1. The Kier molecular flexibility index (Phi) is 4.37. The van der Waals surface area contributed by atoms with Crippen molar-refractivity contribution < 1.29 is 4.79 Å². The van der Waals surface area contributed by atoms with E-state index in [1.165, 1.54) is 6.33 Å². The molecule has 1 fully saturated rings. The van der Waals surface area contributed by atoms with Crippen molar-refractivity contribution in [1.82, 2.24) is 14.9 Å². The molecule has 0 bridgehead atoms. The number of fused-ring (bicyclic) bond motifs is 1. The Balaban J connectivity index is 1.37. The van der Waals surface area contributed by atoms with Crippen LogP contribution < -0.4 is 10.6 Å². The summed E-state index contributed by atoms with van der Waals surface area (Å²) in [6, 6.07) is 18.1. The van der Waals surface area contributed by atoms with E-state index in [0.29, 0.717) is 18.9 Å². The number of amides is 2. The van der Waals surface area contributed by atoms with Gasteiger partial charge in [-0.3, -0.25) is 4.90 Å². The van der Waals surface area contributed by atoms with E-state index in [9.17, 15) is 4.79 Å². The molecule has 0 unspecified atom stereocenters. The number of nitrogens with zero attached hydrogens (tertiary/aromatic N) is 4. The lowest BCUT2D eigenvalue weighted by Gasteiger charge is -2.19. The van der Waals surface area contributed by atoms with Crippen LogP contribution >= 0.6 is 11.3 Å². The number of rotatable bonds is 4. The van der Waals surface area contributed by atoms with E-state index in [1.807, 2.05) is 69.8 Å². The maximum absolute atomic E-state index is 12.9. The number of hydrogen-bond donors (Lipinski definition) is 1. The molecule has 29 heavy (non-hydrogen) atoms. The number of anilines is 2. The first-order chi connectivity index (χ1) is 14.2. The van der Waals surface area contributed by atoms with Gasteiger partial charge in [-0.25, -0.2) is 14.8 Å². The average Bonchev–Trinajstić information content (AvgIpc) is 3.34. The fourth-order valence-corrected chi connectivity index (χ4v) is 4.63. The third-order valence-corrected chi connectivity index (χ3v) is 6.09. The predicted molar refractivity (Wildman–Crippen MR) is 117 cm³/mol. The first-order valence-electron chi connectivity index (χ1n) is 9.39. The summed E-state index contributed by atoms with van der Waals surface area (Å²) in [7, 11) is 0. The second-order valence-electron chi connectivity index (χ2n) is 6.98. The normalized spacial score (nSPS) is 14.1. The number of nitrogens with two attached hydrogens (primary N) is 1. The number of benzene rings is 2. The van der Waals surface area contributed by atoms with Gasteiger partial charge >= 0.3 is 6.03 Å². The molecule has 2 aromatic carbocycles. The van der Waals surface area contributed by atoms with Crippen molar-refractivity contribution in [3.63, 3.8) is 0 Å². The van der Waals surface area contributed by atoms with Crippen molar-refractivity contribution in [2.75, 3.05) is 23.7 Å². The molecule has 0 radical (unpaired) electrons. The highest BCUT2D eigenvalue weighted by Crippen LogP contribution is 2.36. The Morgan fingerprint density at radius 2 is 1.79 bits per heavy atom. The van der Waals surface area contributed by atoms with E-state index >= 15 is 0 Å². The van der Waals surface area contributed by atoms with Gasteiger partial charge in [0.05, 0.1) is 5.39 Å². The maximum atomic E-state index is 12.9. The van der Waals surface area contributed by atoms with E-state index in [4.69, 9.17) is 5.73 Å². The Morgan fingerprint density at radius 1 is 1.00 bits per heavy atom. The number of aromatic nitrogens is 2. The molecule has 0 spiro atoms. The fourth-order valence-electron chi connectivity index (χ4n) is 3.70. The molecule has 6 nitrogen and oxygen atoms in total. The van der Waals surface area contributed by atoms with Crippen molar-refractivity contribution in [2.24, 2.45) is 0 Å². The summed E-state index contributed by atoms with van der Waals surface area (Å²) in [5, 5.41) is 2.93. The van der Waals surface area contributed by atoms with Crippen molar-refractivity contribution >= 4 is 39.1 Å². The van der Waals surface area contributed by atoms with Crippen LogP contribution in [0.15, 0.2) is 66.3 Å². The standard InChI is InChI=1S/C22H19N5OS/c23-20-19-18(13-29-21(19)25-14-24-20)16-6-8-17(9-7-16)27-11-10-26(22(27)28)12-15-4-2-1-3-5-15/h1-9,13-14H,10-12H2,(H2,23,24,25). The van der Waals surface area contributed by atoms with Crippen molar-refractivity contribution in [1.29, 1.82) is 0 Å². The zero-order chi connectivity index (χ0) is 19.8. The summed E-state index contributed by atoms with van der Waals surface area (Å²) in [6.45, 7) is 2.04. The molecule has 0 aliphatic carbocycles. The van der Waals surface area contributed by atoms with Crippen LogP contribution in [0.5, 0.6) is 0 Å². The summed E-state index contributed by atoms with van der Waals surface area (Å²) in [5.74, 6) is 0.488. The van der Waals surface area contributed by atoms with Crippen LogP contribution in [-0.4, -0.2) is 34.0 Å². The Hall–Kier alpha value is -3.45. The highest BCUT2D eigenvalue weighted by atomic mass is 32.1. The van der Waals surface area contributed by atoms with Gasteiger partial charge < -0.3 is 10.6 Å². The minimum atomic E-state index is 0.0419. The molecule has 1 aliphatic rings. The van der Waals surface area contributed by atoms with Crippen LogP contribution in [0.25, 0.3) is 21.3 Å². The molecule has 7 heteroatoms. The minimum Gasteiger partial charge on any atom is -0.383 e. The Labute approximate surface area is 172 Å². The first-order valence-corrected chi connectivity index (χ1v) is 10.3. The molecule has 2 amide bonds. The molecule has 4 aromatic rings. The quantitative estimate of drug-likeness (QED) is 0.551. The molecule has 1 aliphatic heterocycles. The van der Waals surface area contributed by atoms with E-state index in [1.54, 1.807) is 11.3 Å². The van der Waals surface area contributed by atoms with Gasteiger partial charge in [0.1, 0.15) is 17.0 Å². The predicted octanol–water partition coefficient (Wildman–Crippen LogP) is 4.38. The van der Waals surface area contributed by atoms with Gasteiger partial charge in [0.2, 0.25) is 0 Å². The zero-order valence-electron chi connectivity index (χ0n) is 15.7. The van der Waals surface area contributed by atoms with E-state index in [0.717, 1.165) is 39.1 Å². The Bertz CT molecular complexity index is 1170. The van der Waals surface area contributed by atoms with Crippen LogP contribution in [0.2, 0.25) is 0 Å². The van der Waals surface area contributed by atoms with Crippen molar-refractivity contribution in [3.8, 4) is 11.1 Å². The largest absolute Gasteiger partial charge is 0.383 e. The van der Waals surface area contributed by atoms with E-state index < -0.39 is 0 Å². The third kappa shape index (κ3) is 3.19. The SMILES string of the molecule is Nc1ncnc2scc(-c3ccc(N4CCN(Cc5ccccc5)C4=O)cc3)c12. The van der Waals surface area contributed by atoms with Gasteiger partial charge in [-0.2, -0.15) is 0 Å². The number of hydrogen-bond acceptors (Lipinski definition) is 5. The van der Waals surface area contributed by atoms with Crippen LogP contribution in [0, 0.1) is 0 Å². The number of nitrogen functional groups attached to an aromatic ring is 1. The van der Waals surface area contributed by atoms with Gasteiger partial charge in [-0.15, -0.1) is 11.3 Å². The van der Waals surface area contributed by atoms with E-state index in [2.05, 4.69) is 9.97 Å². The van der Waals surface area contributed by atoms with Crippen LogP contribution in [-0.2, 0) is 6.54 Å². The van der Waals surface area contributed by atoms with Gasteiger partial charge in [0.15, 0.2) is 0 Å². The molecular weight excluding hydrogens is 382 g/mol. The molecule has 2 N–H and O–H groups in total. The lowest BCUT2D eigenvalue weighted by atomic mass is 10.1. The minimum absolute atomic E-state index is 0.0419. The average molecular weight is 401 g/mol. The number of thiophene rings is 1. The molecule has 2 aromatic heterocycles. The Morgan fingerprint density at radius 3 is 2.59 bits per heavy atom. The summed E-state index contributed by atoms with van der Waals surface area (Å²) in [4.78, 5) is 25.9. The topological polar surface area (TPSA) is 75.3 Å². The van der Waals surface area contributed by atoms with Gasteiger partial charge in [-0.1, -0.05) is 42.5 Å². The van der Waals surface area contributed by atoms with Gasteiger partial charge in [0.25, 0.3) is 0 Å². The zero-order valence-corrected chi connectivity index (χ0v) is 16.5. The summed E-state index contributed by atoms with van der Waals surface area (Å²) >= 11 is 1.55. The molecule has 0 saturated carbocycles. The van der Waals surface area contributed by atoms with Crippen molar-refractivity contribution in [3.05, 3.63) is 71.9 Å². The van der Waals surface area contributed by atoms with Crippen LogP contribution in [0.4, 0.5) is 16.3 Å². The second kappa shape index (κ2) is 7.18. The number of carbonyl (C=O) groups is 1. The molecule has 0 atom stereocenters. The summed E-state index contributed by atoms with van der Waals surface area (Å²) < 4.78 is 0. The number of urea groups is 1. The van der Waals surface area contributed by atoms with Gasteiger partial charge in [-0.05, 0) is 23.3 Å². The van der Waals surface area contributed by atoms with Crippen molar-refractivity contribution in [2.45, 2.75) is 6.54 Å². The monoisotopic (exact) mass is 401 g/mol. The summed E-state index contributed by atoms with van der Waals surface area (Å²) in [6.07, 6.45) is 1.49. The third-order valence-electron chi connectivity index (χ3n) is 5.20. The highest BCUT2D eigenvalue weighted by Gasteiger charge is 2.29. The molecular formula is C22H19N5OS. The smallest absolute Gasteiger partial charge is 0.324 e. The fraction of sp³-hybridized carbons (Fsp3) is 0.136. The molecule has 144 valence electrons. The van der Waals surface area contributed by atoms with E-state index in [-0.39, 0.29) is 6.03 Å². The molecule has 1 saturated heterocycles. The molecule has 5 rings (SSSR count). The summed E-state index contributed by atoms with van der Waals surface area (Å²) in [5.41, 5.74) is 10.2. The highest BCUT2D eigenvalue weighted by molar-refractivity contribution is 7.17. The lowest BCUT2D eigenvalue weighted by Crippen LogP contribution is -2.31. The second-order valence-corrected chi connectivity index (χ2v) is 7.83. The van der Waals surface area contributed by atoms with Crippen LogP contribution in [0.3, 0.4) is 0 Å². The first kappa shape index (κ1) is 17.6.